The molecule has 0 unspecified atom stereocenters. The smallest absolute Gasteiger partial charge is 0.305 e. The lowest BCUT2D eigenvalue weighted by Gasteiger charge is -2.13. The van der Waals surface area contributed by atoms with Gasteiger partial charge in [-0.05, 0) is 18.6 Å². The lowest BCUT2D eigenvalue weighted by atomic mass is 10.1. The second-order valence-electron chi connectivity index (χ2n) is 5.90. The number of aryl methyl sites for hydroxylation is 1. The molecule has 0 radical (unpaired) electrons. The van der Waals surface area contributed by atoms with E-state index >= 15 is 0 Å². The molecular weight excluding hydrogens is 352 g/mol. The molecule has 0 bridgehead atoms. The average Bonchev–Trinajstić information content (AvgIpc) is 3.05. The van der Waals surface area contributed by atoms with Crippen LogP contribution in [0.2, 0.25) is 0 Å². The number of carbonyl (C=O) groups is 1. The quantitative estimate of drug-likeness (QED) is 0.689. The molecule has 2 heterocycles. The van der Waals surface area contributed by atoms with Crippen molar-refractivity contribution >= 4 is 27.5 Å². The minimum absolute atomic E-state index is 0.0961. The first-order valence-corrected chi connectivity index (χ1v) is 9.21. The summed E-state index contributed by atoms with van der Waals surface area (Å²) in [5.74, 6) is 0.324. The molecule has 0 amide bonds. The van der Waals surface area contributed by atoms with Crippen molar-refractivity contribution in [3.05, 3.63) is 57.0 Å². The number of carboxylic acid groups (broad SMARTS) is 1. The standard InChI is InChI=1S/C19H20N2O4S/c1-3-13-11-14-18(26-13)20-16(21(19(14)24)9-8-17(22)23)10-12-6-4-5-7-15(12)25-2/h4-7,11H,3,8-10H2,1-2H3,(H,22,23). The summed E-state index contributed by atoms with van der Waals surface area (Å²) >= 11 is 1.51. The number of aliphatic carboxylic acids is 1. The largest absolute Gasteiger partial charge is 0.496 e. The van der Waals surface area contributed by atoms with Crippen LogP contribution in [-0.2, 0) is 24.2 Å². The molecule has 0 aliphatic carbocycles. The van der Waals surface area contributed by atoms with E-state index in [9.17, 15) is 9.59 Å². The predicted octanol–water partition coefficient (Wildman–Crippen LogP) is 3.09. The van der Waals surface area contributed by atoms with Gasteiger partial charge in [-0.15, -0.1) is 11.3 Å². The molecule has 26 heavy (non-hydrogen) atoms. The summed E-state index contributed by atoms with van der Waals surface area (Å²) in [6, 6.07) is 9.41. The molecule has 6 nitrogen and oxygen atoms in total. The van der Waals surface area contributed by atoms with Crippen molar-refractivity contribution in [1.82, 2.24) is 9.55 Å². The molecular formula is C19H20N2O4S. The van der Waals surface area contributed by atoms with Crippen molar-refractivity contribution in [3.63, 3.8) is 0 Å². The van der Waals surface area contributed by atoms with Crippen LogP contribution >= 0.6 is 11.3 Å². The first kappa shape index (κ1) is 18.1. The van der Waals surface area contributed by atoms with Gasteiger partial charge < -0.3 is 9.84 Å². The maximum atomic E-state index is 12.9. The van der Waals surface area contributed by atoms with E-state index in [0.29, 0.717) is 28.2 Å². The Hall–Kier alpha value is -2.67. The van der Waals surface area contributed by atoms with Crippen LogP contribution in [0, 0.1) is 0 Å². The van der Waals surface area contributed by atoms with E-state index in [-0.39, 0.29) is 18.5 Å². The molecule has 1 N–H and O–H groups in total. The van der Waals surface area contributed by atoms with Crippen molar-refractivity contribution in [2.75, 3.05) is 7.11 Å². The van der Waals surface area contributed by atoms with Crippen LogP contribution in [0.25, 0.3) is 10.2 Å². The second-order valence-corrected chi connectivity index (χ2v) is 7.02. The number of rotatable bonds is 7. The number of ether oxygens (including phenoxy) is 1. The molecule has 136 valence electrons. The van der Waals surface area contributed by atoms with Gasteiger partial charge in [0.15, 0.2) is 0 Å². The first-order chi connectivity index (χ1) is 12.5. The van der Waals surface area contributed by atoms with Crippen molar-refractivity contribution < 1.29 is 14.6 Å². The van der Waals surface area contributed by atoms with Gasteiger partial charge in [-0.25, -0.2) is 4.98 Å². The molecule has 1 aromatic carbocycles. The maximum Gasteiger partial charge on any atom is 0.305 e. The van der Waals surface area contributed by atoms with Gasteiger partial charge in [0.2, 0.25) is 0 Å². The van der Waals surface area contributed by atoms with E-state index in [2.05, 4.69) is 4.98 Å². The van der Waals surface area contributed by atoms with Crippen LogP contribution in [0.4, 0.5) is 0 Å². The lowest BCUT2D eigenvalue weighted by Crippen LogP contribution is -2.26. The number of carboxylic acids is 1. The van der Waals surface area contributed by atoms with E-state index in [4.69, 9.17) is 9.84 Å². The summed E-state index contributed by atoms with van der Waals surface area (Å²) in [6.45, 7) is 2.13. The fourth-order valence-electron chi connectivity index (χ4n) is 2.87. The third-order valence-corrected chi connectivity index (χ3v) is 5.39. The summed E-state index contributed by atoms with van der Waals surface area (Å²) in [7, 11) is 1.60. The van der Waals surface area contributed by atoms with Crippen molar-refractivity contribution in [1.29, 1.82) is 0 Å². The number of thiophene rings is 1. The first-order valence-electron chi connectivity index (χ1n) is 8.39. The number of aromatic nitrogens is 2. The zero-order chi connectivity index (χ0) is 18.7. The van der Waals surface area contributed by atoms with E-state index < -0.39 is 5.97 Å². The Labute approximate surface area is 154 Å². The molecule has 0 saturated carbocycles. The summed E-state index contributed by atoms with van der Waals surface area (Å²) in [5, 5.41) is 9.59. The molecule has 2 aromatic heterocycles. The van der Waals surface area contributed by atoms with Crippen LogP contribution in [0.15, 0.2) is 35.1 Å². The van der Waals surface area contributed by atoms with Gasteiger partial charge in [-0.1, -0.05) is 25.1 Å². The van der Waals surface area contributed by atoms with Gasteiger partial charge >= 0.3 is 5.97 Å². The Kier molecular flexibility index (Phi) is 5.37. The number of hydrogen-bond donors (Lipinski definition) is 1. The number of hydrogen-bond acceptors (Lipinski definition) is 5. The number of methoxy groups -OCH3 is 1. The fraction of sp³-hybridized carbons (Fsp3) is 0.316. The minimum atomic E-state index is -0.945. The zero-order valence-electron chi connectivity index (χ0n) is 14.7. The Morgan fingerprint density at radius 3 is 2.81 bits per heavy atom. The van der Waals surface area contributed by atoms with Gasteiger partial charge in [0, 0.05) is 23.4 Å². The summed E-state index contributed by atoms with van der Waals surface area (Å²) < 4.78 is 6.87. The molecule has 3 rings (SSSR count). The number of nitrogens with zero attached hydrogens (tertiary/aromatic N) is 2. The van der Waals surface area contributed by atoms with Gasteiger partial charge in [-0.2, -0.15) is 0 Å². The molecule has 0 fully saturated rings. The van der Waals surface area contributed by atoms with Crippen LogP contribution in [0.5, 0.6) is 5.75 Å². The highest BCUT2D eigenvalue weighted by molar-refractivity contribution is 7.18. The molecule has 3 aromatic rings. The Morgan fingerprint density at radius 2 is 2.12 bits per heavy atom. The molecule has 7 heteroatoms. The molecule has 0 saturated heterocycles. The minimum Gasteiger partial charge on any atom is -0.496 e. The van der Waals surface area contributed by atoms with Crippen molar-refractivity contribution in [2.45, 2.75) is 32.7 Å². The second kappa shape index (κ2) is 7.70. The van der Waals surface area contributed by atoms with Gasteiger partial charge in [-0.3, -0.25) is 14.2 Å². The van der Waals surface area contributed by atoms with Crippen LogP contribution in [0.1, 0.15) is 29.6 Å². The van der Waals surface area contributed by atoms with Crippen LogP contribution in [-0.4, -0.2) is 27.7 Å². The van der Waals surface area contributed by atoms with Gasteiger partial charge in [0.05, 0.1) is 18.9 Å². The highest BCUT2D eigenvalue weighted by Gasteiger charge is 2.16. The van der Waals surface area contributed by atoms with Crippen molar-refractivity contribution in [2.24, 2.45) is 0 Å². The van der Waals surface area contributed by atoms with Crippen LogP contribution in [0.3, 0.4) is 0 Å². The van der Waals surface area contributed by atoms with E-state index in [1.807, 2.05) is 37.3 Å². The Balaban J connectivity index is 2.13. The highest BCUT2D eigenvalue weighted by atomic mass is 32.1. The fourth-order valence-corrected chi connectivity index (χ4v) is 3.85. The van der Waals surface area contributed by atoms with Crippen LogP contribution < -0.4 is 10.3 Å². The summed E-state index contributed by atoms with van der Waals surface area (Å²) in [4.78, 5) is 30.4. The number of benzene rings is 1. The lowest BCUT2D eigenvalue weighted by molar-refractivity contribution is -0.137. The molecule has 0 aliphatic heterocycles. The topological polar surface area (TPSA) is 81.4 Å². The highest BCUT2D eigenvalue weighted by Crippen LogP contribution is 2.25. The Morgan fingerprint density at radius 1 is 1.35 bits per heavy atom. The Bertz CT molecular complexity index is 1010. The third kappa shape index (κ3) is 3.62. The maximum absolute atomic E-state index is 12.9. The predicted molar refractivity (Wildman–Crippen MR) is 101 cm³/mol. The van der Waals surface area contributed by atoms with E-state index in [0.717, 1.165) is 16.9 Å². The SMILES string of the molecule is CCc1cc2c(=O)n(CCC(=O)O)c(Cc3ccccc3OC)nc2s1. The molecule has 0 aliphatic rings. The number of para-hydroxylation sites is 1. The summed E-state index contributed by atoms with van der Waals surface area (Å²) in [5.41, 5.74) is 0.717. The summed E-state index contributed by atoms with van der Waals surface area (Å²) in [6.07, 6.45) is 1.10. The van der Waals surface area contributed by atoms with Gasteiger partial charge in [0.1, 0.15) is 16.4 Å². The monoisotopic (exact) mass is 372 g/mol. The average molecular weight is 372 g/mol. The van der Waals surface area contributed by atoms with Crippen molar-refractivity contribution in [3.8, 4) is 5.75 Å². The van der Waals surface area contributed by atoms with E-state index in [1.54, 1.807) is 7.11 Å². The zero-order valence-corrected chi connectivity index (χ0v) is 15.5. The van der Waals surface area contributed by atoms with E-state index in [1.165, 1.54) is 15.9 Å². The van der Waals surface area contributed by atoms with Gasteiger partial charge in [0.25, 0.3) is 5.56 Å². The normalized spacial score (nSPS) is 11.0. The molecule has 0 atom stereocenters. The third-order valence-electron chi connectivity index (χ3n) is 4.22. The molecule has 0 spiro atoms. The number of fused-ring (bicyclic) bond motifs is 1.